The summed E-state index contributed by atoms with van der Waals surface area (Å²) in [6.45, 7) is 7.24. The van der Waals surface area contributed by atoms with E-state index in [1.165, 1.54) is 5.56 Å². The Kier molecular flexibility index (Phi) is 9.88. The Labute approximate surface area is 138 Å². The normalized spacial score (nSPS) is 10.4. The second-order valence-electron chi connectivity index (χ2n) is 4.22. The van der Waals surface area contributed by atoms with Crippen LogP contribution in [0.25, 0.3) is 0 Å². The van der Waals surface area contributed by atoms with Gasteiger partial charge < -0.3 is 15.4 Å². The highest BCUT2D eigenvalue weighted by molar-refractivity contribution is 14.0. The molecule has 0 unspecified atom stereocenters. The molecule has 0 amide bonds. The van der Waals surface area contributed by atoms with E-state index in [4.69, 9.17) is 4.74 Å². The zero-order chi connectivity index (χ0) is 14.1. The van der Waals surface area contributed by atoms with E-state index in [1.54, 1.807) is 20.2 Å². The van der Waals surface area contributed by atoms with Crippen molar-refractivity contribution in [2.45, 2.75) is 13.3 Å². The van der Waals surface area contributed by atoms with E-state index in [0.29, 0.717) is 6.54 Å². The summed E-state index contributed by atoms with van der Waals surface area (Å²) in [5.74, 6) is 1.73. The average molecular weight is 389 g/mol. The van der Waals surface area contributed by atoms with E-state index >= 15 is 0 Å². The average Bonchev–Trinajstić information content (AvgIpc) is 2.44. The number of aryl methyl sites for hydroxylation is 1. The summed E-state index contributed by atoms with van der Waals surface area (Å²) in [5, 5.41) is 6.39. The monoisotopic (exact) mass is 389 g/mol. The maximum atomic E-state index is 5.32. The third-order valence-corrected chi connectivity index (χ3v) is 2.82. The molecule has 1 rings (SSSR count). The molecule has 1 aromatic carbocycles. The summed E-state index contributed by atoms with van der Waals surface area (Å²) in [6.07, 6.45) is 2.73. The van der Waals surface area contributed by atoms with Gasteiger partial charge in [0, 0.05) is 20.1 Å². The largest absolute Gasteiger partial charge is 0.496 e. The summed E-state index contributed by atoms with van der Waals surface area (Å²) >= 11 is 0. The van der Waals surface area contributed by atoms with Crippen LogP contribution >= 0.6 is 24.0 Å². The third-order valence-electron chi connectivity index (χ3n) is 2.82. The van der Waals surface area contributed by atoms with Crippen LogP contribution in [-0.4, -0.2) is 33.2 Å². The fourth-order valence-corrected chi connectivity index (χ4v) is 1.73. The van der Waals surface area contributed by atoms with Crippen LogP contribution in [0.5, 0.6) is 5.75 Å². The zero-order valence-corrected chi connectivity index (χ0v) is 14.7. The summed E-state index contributed by atoms with van der Waals surface area (Å²) < 4.78 is 5.32. The van der Waals surface area contributed by atoms with E-state index in [1.807, 2.05) is 6.92 Å². The van der Waals surface area contributed by atoms with Crippen LogP contribution in [0.2, 0.25) is 0 Å². The van der Waals surface area contributed by atoms with Crippen molar-refractivity contribution in [1.29, 1.82) is 0 Å². The Morgan fingerprint density at radius 1 is 1.40 bits per heavy atom. The number of hydrogen-bond donors (Lipinski definition) is 2. The topological polar surface area (TPSA) is 45.7 Å². The van der Waals surface area contributed by atoms with Gasteiger partial charge in [-0.1, -0.05) is 18.2 Å². The molecule has 112 valence electrons. The number of halogens is 1. The minimum absolute atomic E-state index is 0. The molecule has 0 aliphatic rings. The number of aliphatic imine (C=N–C) groups is 1. The minimum Gasteiger partial charge on any atom is -0.496 e. The predicted octanol–water partition coefficient (Wildman–Crippen LogP) is 2.52. The van der Waals surface area contributed by atoms with Gasteiger partial charge in [0.25, 0.3) is 0 Å². The first-order valence-corrected chi connectivity index (χ1v) is 6.40. The molecule has 0 fully saturated rings. The highest BCUT2D eigenvalue weighted by Crippen LogP contribution is 2.18. The van der Waals surface area contributed by atoms with Crippen LogP contribution in [0.15, 0.2) is 35.8 Å². The Hall–Kier alpha value is -1.24. The lowest BCUT2D eigenvalue weighted by molar-refractivity contribution is 0.411. The Bertz CT molecular complexity index is 447. The predicted molar refractivity (Wildman–Crippen MR) is 96.4 cm³/mol. The van der Waals surface area contributed by atoms with Gasteiger partial charge in [-0.3, -0.25) is 4.99 Å². The maximum Gasteiger partial charge on any atom is 0.191 e. The van der Waals surface area contributed by atoms with Gasteiger partial charge in [-0.2, -0.15) is 0 Å². The number of methoxy groups -OCH3 is 1. The first kappa shape index (κ1) is 18.8. The molecule has 5 heteroatoms. The van der Waals surface area contributed by atoms with Crippen LogP contribution in [0, 0.1) is 6.92 Å². The highest BCUT2D eigenvalue weighted by atomic mass is 127. The molecule has 0 heterocycles. The molecule has 0 aliphatic carbocycles. The van der Waals surface area contributed by atoms with Gasteiger partial charge in [-0.25, -0.2) is 0 Å². The molecule has 0 atom stereocenters. The SMILES string of the molecule is C=CCNC(=NC)NCCc1ccc(C)c(OC)c1.I. The molecule has 0 radical (unpaired) electrons. The van der Waals surface area contributed by atoms with Gasteiger partial charge >= 0.3 is 0 Å². The van der Waals surface area contributed by atoms with Gasteiger partial charge in [0.15, 0.2) is 5.96 Å². The summed E-state index contributed by atoms with van der Waals surface area (Å²) in [5.41, 5.74) is 2.40. The zero-order valence-electron chi connectivity index (χ0n) is 12.4. The van der Waals surface area contributed by atoms with Crippen molar-refractivity contribution in [3.8, 4) is 5.75 Å². The van der Waals surface area contributed by atoms with E-state index < -0.39 is 0 Å². The van der Waals surface area contributed by atoms with Gasteiger partial charge in [0.2, 0.25) is 0 Å². The number of hydrogen-bond acceptors (Lipinski definition) is 2. The summed E-state index contributed by atoms with van der Waals surface area (Å²) in [6, 6.07) is 6.29. The Morgan fingerprint density at radius 3 is 2.75 bits per heavy atom. The van der Waals surface area contributed by atoms with Crippen molar-refractivity contribution >= 4 is 29.9 Å². The van der Waals surface area contributed by atoms with Crippen molar-refractivity contribution in [1.82, 2.24) is 10.6 Å². The lowest BCUT2D eigenvalue weighted by Gasteiger charge is -2.11. The molecule has 0 spiro atoms. The quantitative estimate of drug-likeness (QED) is 0.340. The molecule has 1 aromatic rings. The fourth-order valence-electron chi connectivity index (χ4n) is 1.73. The third kappa shape index (κ3) is 6.27. The van der Waals surface area contributed by atoms with Crippen molar-refractivity contribution in [3.05, 3.63) is 42.0 Å². The lowest BCUT2D eigenvalue weighted by atomic mass is 10.1. The second kappa shape index (κ2) is 10.5. The first-order chi connectivity index (χ1) is 9.21. The van der Waals surface area contributed by atoms with E-state index in [-0.39, 0.29) is 24.0 Å². The van der Waals surface area contributed by atoms with Crippen LogP contribution < -0.4 is 15.4 Å². The van der Waals surface area contributed by atoms with E-state index in [9.17, 15) is 0 Å². The number of nitrogens with one attached hydrogen (secondary N) is 2. The molecular formula is C15H24IN3O. The summed E-state index contributed by atoms with van der Waals surface area (Å²) in [7, 11) is 3.46. The first-order valence-electron chi connectivity index (χ1n) is 6.40. The van der Waals surface area contributed by atoms with Crippen molar-refractivity contribution in [3.63, 3.8) is 0 Å². The molecule has 2 N–H and O–H groups in total. The fraction of sp³-hybridized carbons (Fsp3) is 0.400. The van der Waals surface area contributed by atoms with Gasteiger partial charge in [-0.15, -0.1) is 30.6 Å². The van der Waals surface area contributed by atoms with Gasteiger partial charge in [0.1, 0.15) is 5.75 Å². The van der Waals surface area contributed by atoms with E-state index in [0.717, 1.165) is 30.2 Å². The van der Waals surface area contributed by atoms with Gasteiger partial charge in [-0.05, 0) is 30.5 Å². The van der Waals surface area contributed by atoms with Crippen LogP contribution in [0.1, 0.15) is 11.1 Å². The smallest absolute Gasteiger partial charge is 0.191 e. The van der Waals surface area contributed by atoms with Crippen molar-refractivity contribution in [2.75, 3.05) is 27.2 Å². The standard InChI is InChI=1S/C15H23N3O.HI/c1-5-9-17-15(16-3)18-10-8-13-7-6-12(2)14(11-13)19-4;/h5-7,11H,1,8-10H2,2-4H3,(H2,16,17,18);1H. The molecule has 0 bridgehead atoms. The van der Waals surface area contributed by atoms with Gasteiger partial charge in [0.05, 0.1) is 7.11 Å². The van der Waals surface area contributed by atoms with Crippen LogP contribution in [0.4, 0.5) is 0 Å². The second-order valence-corrected chi connectivity index (χ2v) is 4.22. The van der Waals surface area contributed by atoms with Crippen molar-refractivity contribution in [2.24, 2.45) is 4.99 Å². The Balaban J connectivity index is 0.00000361. The number of rotatable bonds is 6. The molecule has 0 aliphatic heterocycles. The number of benzene rings is 1. The number of nitrogens with zero attached hydrogens (tertiary/aromatic N) is 1. The molecule has 20 heavy (non-hydrogen) atoms. The minimum atomic E-state index is 0. The molecule has 0 aromatic heterocycles. The number of ether oxygens (including phenoxy) is 1. The highest BCUT2D eigenvalue weighted by Gasteiger charge is 2.01. The molecule has 0 saturated carbocycles. The van der Waals surface area contributed by atoms with E-state index in [2.05, 4.69) is 40.4 Å². The van der Waals surface area contributed by atoms with Crippen LogP contribution in [0.3, 0.4) is 0 Å². The molecular weight excluding hydrogens is 365 g/mol. The lowest BCUT2D eigenvalue weighted by Crippen LogP contribution is -2.38. The van der Waals surface area contributed by atoms with Crippen molar-refractivity contribution < 1.29 is 4.74 Å². The molecule has 4 nitrogen and oxygen atoms in total. The Morgan fingerprint density at radius 2 is 2.15 bits per heavy atom. The van der Waals surface area contributed by atoms with Crippen LogP contribution in [-0.2, 0) is 6.42 Å². The summed E-state index contributed by atoms with van der Waals surface area (Å²) in [4.78, 5) is 4.13. The maximum absolute atomic E-state index is 5.32. The molecule has 0 saturated heterocycles. The number of guanidine groups is 1.